The smallest absolute Gasteiger partial charge is 0.0363 e. The minimum atomic E-state index is 0.991. The van der Waals surface area contributed by atoms with E-state index in [4.69, 9.17) is 0 Å². The van der Waals surface area contributed by atoms with Crippen LogP contribution in [0.25, 0.3) is 33.4 Å². The van der Waals surface area contributed by atoms with Crippen molar-refractivity contribution in [2.24, 2.45) is 0 Å². The van der Waals surface area contributed by atoms with Crippen LogP contribution < -0.4 is 14.7 Å². The molecule has 0 unspecified atom stereocenters. The van der Waals surface area contributed by atoms with E-state index < -0.39 is 0 Å². The SMILES string of the molecule is CCN(C)c1ccc(-c2cc(-c3ccc(N(C)CC)cc3)cc(-c3ccc(N(C)CC)cc3)c2)cc1. The van der Waals surface area contributed by atoms with Crippen molar-refractivity contribution in [1.29, 1.82) is 0 Å². The van der Waals surface area contributed by atoms with E-state index in [0.29, 0.717) is 0 Å². The Balaban J connectivity index is 1.78. The molecule has 0 aliphatic rings. The van der Waals surface area contributed by atoms with Crippen LogP contribution in [0.15, 0.2) is 91.0 Å². The summed E-state index contributed by atoms with van der Waals surface area (Å²) in [7, 11) is 6.40. The van der Waals surface area contributed by atoms with E-state index in [1.54, 1.807) is 0 Å². The van der Waals surface area contributed by atoms with Gasteiger partial charge in [-0.25, -0.2) is 0 Å². The van der Waals surface area contributed by atoms with Crippen LogP contribution in [0.3, 0.4) is 0 Å². The standard InChI is InChI=1S/C33H39N3/c1-7-34(4)31-16-10-25(11-17-31)28-22-29(26-12-18-32(19-13-26)35(5)8-2)24-30(23-28)27-14-20-33(21-15-27)36(6)9-3/h10-24H,7-9H2,1-6H3. The fraction of sp³-hybridized carbons (Fsp3) is 0.273. The van der Waals surface area contributed by atoms with Crippen molar-refractivity contribution in [1.82, 2.24) is 0 Å². The van der Waals surface area contributed by atoms with Crippen molar-refractivity contribution in [3.63, 3.8) is 0 Å². The Morgan fingerprint density at radius 3 is 0.778 bits per heavy atom. The van der Waals surface area contributed by atoms with Gasteiger partial charge in [-0.15, -0.1) is 0 Å². The molecule has 0 saturated heterocycles. The summed E-state index contributed by atoms with van der Waals surface area (Å²) in [5.74, 6) is 0. The van der Waals surface area contributed by atoms with Gasteiger partial charge in [-0.3, -0.25) is 0 Å². The average Bonchev–Trinajstić information content (AvgIpc) is 2.95. The molecule has 0 radical (unpaired) electrons. The van der Waals surface area contributed by atoms with Crippen LogP contribution in [0.4, 0.5) is 17.1 Å². The molecule has 0 N–H and O–H groups in total. The molecule has 0 spiro atoms. The van der Waals surface area contributed by atoms with Crippen LogP contribution in [0.1, 0.15) is 20.8 Å². The molecule has 0 aliphatic carbocycles. The van der Waals surface area contributed by atoms with Crippen LogP contribution in [-0.2, 0) is 0 Å². The highest BCUT2D eigenvalue weighted by atomic mass is 15.1. The summed E-state index contributed by atoms with van der Waals surface area (Å²) in [4.78, 5) is 6.78. The first-order valence-corrected chi connectivity index (χ1v) is 13.0. The topological polar surface area (TPSA) is 9.72 Å². The highest BCUT2D eigenvalue weighted by Gasteiger charge is 2.10. The summed E-state index contributed by atoms with van der Waals surface area (Å²) in [5.41, 5.74) is 11.1. The van der Waals surface area contributed by atoms with Crippen LogP contribution >= 0.6 is 0 Å². The molecule has 0 aliphatic heterocycles. The van der Waals surface area contributed by atoms with Crippen molar-refractivity contribution >= 4 is 17.1 Å². The molecule has 3 heteroatoms. The summed E-state index contributed by atoms with van der Waals surface area (Å²) in [6, 6.07) is 33.7. The second kappa shape index (κ2) is 11.3. The quantitative estimate of drug-likeness (QED) is 0.241. The van der Waals surface area contributed by atoms with E-state index in [1.165, 1.54) is 50.4 Å². The van der Waals surface area contributed by atoms with Crippen molar-refractivity contribution in [2.75, 3.05) is 55.5 Å². The normalized spacial score (nSPS) is 10.8. The molecule has 4 rings (SSSR count). The molecule has 3 nitrogen and oxygen atoms in total. The number of benzene rings is 4. The summed E-state index contributed by atoms with van der Waals surface area (Å²) >= 11 is 0. The molecule has 186 valence electrons. The second-order valence-electron chi connectivity index (χ2n) is 9.48. The van der Waals surface area contributed by atoms with Gasteiger partial charge >= 0.3 is 0 Å². The van der Waals surface area contributed by atoms with Gasteiger partial charge in [-0.1, -0.05) is 36.4 Å². The van der Waals surface area contributed by atoms with E-state index in [-0.39, 0.29) is 0 Å². The van der Waals surface area contributed by atoms with E-state index in [2.05, 4.69) is 148 Å². The Labute approximate surface area is 217 Å². The van der Waals surface area contributed by atoms with Gasteiger partial charge < -0.3 is 14.7 Å². The molecule has 4 aromatic rings. The minimum Gasteiger partial charge on any atom is -0.375 e. The number of hydrogen-bond donors (Lipinski definition) is 0. The highest BCUT2D eigenvalue weighted by Crippen LogP contribution is 2.34. The Morgan fingerprint density at radius 2 is 0.583 bits per heavy atom. The lowest BCUT2D eigenvalue weighted by molar-refractivity contribution is 0.968. The Kier molecular flexibility index (Phi) is 8.00. The van der Waals surface area contributed by atoms with E-state index in [0.717, 1.165) is 19.6 Å². The number of hydrogen-bond acceptors (Lipinski definition) is 3. The van der Waals surface area contributed by atoms with Gasteiger partial charge in [0.2, 0.25) is 0 Å². The monoisotopic (exact) mass is 477 g/mol. The molecule has 0 atom stereocenters. The predicted molar refractivity (Wildman–Crippen MR) is 160 cm³/mol. The molecule has 0 heterocycles. The van der Waals surface area contributed by atoms with Crippen LogP contribution in [0, 0.1) is 0 Å². The van der Waals surface area contributed by atoms with Crippen molar-refractivity contribution in [3.8, 4) is 33.4 Å². The number of rotatable bonds is 9. The van der Waals surface area contributed by atoms with Crippen LogP contribution in [-0.4, -0.2) is 40.8 Å². The maximum absolute atomic E-state index is 2.32. The zero-order valence-corrected chi connectivity index (χ0v) is 22.6. The summed E-state index contributed by atoms with van der Waals surface area (Å²) in [5, 5.41) is 0. The van der Waals surface area contributed by atoms with Gasteiger partial charge in [-0.2, -0.15) is 0 Å². The number of anilines is 3. The van der Waals surface area contributed by atoms with Gasteiger partial charge in [0.1, 0.15) is 0 Å². The molecule has 36 heavy (non-hydrogen) atoms. The Bertz CT molecular complexity index is 1090. The van der Waals surface area contributed by atoms with Crippen molar-refractivity contribution < 1.29 is 0 Å². The first kappa shape index (κ1) is 25.4. The fourth-order valence-corrected chi connectivity index (χ4v) is 4.40. The molecular weight excluding hydrogens is 438 g/mol. The van der Waals surface area contributed by atoms with Crippen LogP contribution in [0.2, 0.25) is 0 Å². The zero-order chi connectivity index (χ0) is 25.7. The first-order valence-electron chi connectivity index (χ1n) is 13.0. The third kappa shape index (κ3) is 5.57. The average molecular weight is 478 g/mol. The molecule has 0 fully saturated rings. The third-order valence-corrected chi connectivity index (χ3v) is 7.28. The van der Waals surface area contributed by atoms with Crippen LogP contribution in [0.5, 0.6) is 0 Å². The lowest BCUT2D eigenvalue weighted by Crippen LogP contribution is -2.15. The molecule has 0 amide bonds. The summed E-state index contributed by atoms with van der Waals surface area (Å²) < 4.78 is 0. The predicted octanol–water partition coefficient (Wildman–Crippen LogP) is 8.06. The van der Waals surface area contributed by atoms with Gasteiger partial charge in [0, 0.05) is 57.8 Å². The fourth-order valence-electron chi connectivity index (χ4n) is 4.40. The number of nitrogens with zero attached hydrogens (tertiary/aromatic N) is 3. The largest absolute Gasteiger partial charge is 0.375 e. The van der Waals surface area contributed by atoms with Gasteiger partial charge in [0.15, 0.2) is 0 Å². The van der Waals surface area contributed by atoms with Crippen molar-refractivity contribution in [3.05, 3.63) is 91.0 Å². The lowest BCUT2D eigenvalue weighted by atomic mass is 9.93. The molecule has 0 saturated carbocycles. The van der Waals surface area contributed by atoms with Gasteiger partial charge in [0.05, 0.1) is 0 Å². The Hall–Kier alpha value is -3.72. The van der Waals surface area contributed by atoms with Gasteiger partial charge in [-0.05, 0) is 109 Å². The molecule has 0 aromatic heterocycles. The molecule has 4 aromatic carbocycles. The Morgan fingerprint density at radius 1 is 0.361 bits per heavy atom. The lowest BCUT2D eigenvalue weighted by Gasteiger charge is -2.19. The minimum absolute atomic E-state index is 0.991. The second-order valence-corrected chi connectivity index (χ2v) is 9.48. The maximum atomic E-state index is 2.32. The molecule has 0 bridgehead atoms. The molecular formula is C33H39N3. The van der Waals surface area contributed by atoms with E-state index in [1.807, 2.05) is 0 Å². The first-order chi connectivity index (χ1) is 17.4. The van der Waals surface area contributed by atoms with Gasteiger partial charge in [0.25, 0.3) is 0 Å². The van der Waals surface area contributed by atoms with Crippen molar-refractivity contribution in [2.45, 2.75) is 20.8 Å². The van der Waals surface area contributed by atoms with E-state index in [9.17, 15) is 0 Å². The zero-order valence-electron chi connectivity index (χ0n) is 22.6. The van der Waals surface area contributed by atoms with E-state index >= 15 is 0 Å². The highest BCUT2D eigenvalue weighted by molar-refractivity contribution is 5.82. The summed E-state index contributed by atoms with van der Waals surface area (Å²) in [6.45, 7) is 9.51. The maximum Gasteiger partial charge on any atom is 0.0363 e. The summed E-state index contributed by atoms with van der Waals surface area (Å²) in [6.07, 6.45) is 0. The third-order valence-electron chi connectivity index (χ3n) is 7.28.